The molecule has 3 aromatic rings. The highest BCUT2D eigenvalue weighted by atomic mass is 16.6. The number of nitro groups is 1. The molecule has 0 aliphatic carbocycles. The number of carbonyl (C=O) groups excluding carboxylic acids is 3. The molecule has 1 aliphatic rings. The minimum atomic E-state index is -0.722. The molecular weight excluding hydrogens is 510 g/mol. The van der Waals surface area contributed by atoms with Gasteiger partial charge in [0.15, 0.2) is 5.75 Å². The maximum atomic E-state index is 13.0. The predicted molar refractivity (Wildman–Crippen MR) is 137 cm³/mol. The molecule has 1 aromatic heterocycles. The lowest BCUT2D eigenvalue weighted by atomic mass is 10.1. The first kappa shape index (κ1) is 26.9. The molecule has 12 nitrogen and oxygen atoms in total. The molecule has 2 aromatic carbocycles. The second kappa shape index (κ2) is 11.5. The number of methoxy groups -OCH3 is 1. The fraction of sp³-hybridized carbons (Fsp3) is 0.222. The van der Waals surface area contributed by atoms with E-state index < -0.39 is 22.8 Å². The highest BCUT2D eigenvalue weighted by Crippen LogP contribution is 2.40. The zero-order valence-corrected chi connectivity index (χ0v) is 21.4. The minimum absolute atomic E-state index is 0.0489. The van der Waals surface area contributed by atoms with Gasteiger partial charge in [-0.1, -0.05) is 29.8 Å². The van der Waals surface area contributed by atoms with Crippen LogP contribution in [0.3, 0.4) is 0 Å². The molecule has 0 unspecified atom stereocenters. The summed E-state index contributed by atoms with van der Waals surface area (Å²) in [6.45, 7) is 3.72. The molecule has 1 N–H and O–H groups in total. The van der Waals surface area contributed by atoms with E-state index in [1.54, 1.807) is 6.92 Å². The first-order chi connectivity index (χ1) is 18.7. The Hall–Kier alpha value is -5.13. The topological polar surface area (TPSA) is 150 Å². The fourth-order valence-corrected chi connectivity index (χ4v) is 3.79. The zero-order valence-electron chi connectivity index (χ0n) is 21.4. The highest BCUT2D eigenvalue weighted by molar-refractivity contribution is 6.13. The Balaban J connectivity index is 1.59. The minimum Gasteiger partial charge on any atom is -0.490 e. The average Bonchev–Trinajstić information content (AvgIpc) is 3.49. The van der Waals surface area contributed by atoms with Crippen LogP contribution in [0.15, 0.2) is 58.6 Å². The van der Waals surface area contributed by atoms with Crippen LogP contribution in [-0.2, 0) is 22.7 Å². The number of imide groups is 1. The summed E-state index contributed by atoms with van der Waals surface area (Å²) in [7, 11) is 1.20. The molecular formula is C27H25N3O9. The Morgan fingerprint density at radius 2 is 1.87 bits per heavy atom. The summed E-state index contributed by atoms with van der Waals surface area (Å²) in [6.07, 6.45) is 1.31. The van der Waals surface area contributed by atoms with Gasteiger partial charge < -0.3 is 23.9 Å². The van der Waals surface area contributed by atoms with Gasteiger partial charge in [-0.15, -0.1) is 0 Å². The molecule has 0 atom stereocenters. The molecule has 1 saturated heterocycles. The molecule has 3 amide bonds. The number of ether oxygens (including phenoxy) is 3. The second-order valence-corrected chi connectivity index (χ2v) is 8.47. The maximum absolute atomic E-state index is 13.0. The van der Waals surface area contributed by atoms with Crippen molar-refractivity contribution in [1.29, 1.82) is 0 Å². The Bertz CT molecular complexity index is 1460. The molecule has 1 aliphatic heterocycles. The van der Waals surface area contributed by atoms with Gasteiger partial charge in [0.25, 0.3) is 5.91 Å². The molecule has 0 spiro atoms. The quantitative estimate of drug-likeness (QED) is 0.131. The van der Waals surface area contributed by atoms with Crippen LogP contribution in [-0.4, -0.2) is 41.4 Å². The van der Waals surface area contributed by atoms with Crippen LogP contribution in [0.1, 0.15) is 39.9 Å². The number of hydrogen-bond acceptors (Lipinski definition) is 9. The molecule has 0 radical (unpaired) electrons. The lowest BCUT2D eigenvalue weighted by Crippen LogP contribution is -2.30. The van der Waals surface area contributed by atoms with Crippen molar-refractivity contribution in [2.45, 2.75) is 27.0 Å². The van der Waals surface area contributed by atoms with Gasteiger partial charge in [-0.05, 0) is 49.2 Å². The lowest BCUT2D eigenvalue weighted by molar-refractivity contribution is -0.386. The van der Waals surface area contributed by atoms with Crippen LogP contribution in [0.2, 0.25) is 0 Å². The lowest BCUT2D eigenvalue weighted by Gasteiger charge is -2.13. The molecule has 0 saturated carbocycles. The smallest absolute Gasteiger partial charge is 0.373 e. The molecule has 0 bridgehead atoms. The number of nitrogens with one attached hydrogen (secondary N) is 1. The normalized spacial score (nSPS) is 13.9. The number of urea groups is 1. The van der Waals surface area contributed by atoms with Crippen molar-refractivity contribution < 1.29 is 37.9 Å². The second-order valence-electron chi connectivity index (χ2n) is 8.47. The maximum Gasteiger partial charge on any atom is 0.373 e. The van der Waals surface area contributed by atoms with Crippen molar-refractivity contribution in [3.8, 4) is 11.5 Å². The Labute approximate surface area is 222 Å². The van der Waals surface area contributed by atoms with Crippen LogP contribution >= 0.6 is 0 Å². The average molecular weight is 536 g/mol. The number of hydrogen-bond donors (Lipinski definition) is 1. The summed E-state index contributed by atoms with van der Waals surface area (Å²) in [6, 6.07) is 12.4. The van der Waals surface area contributed by atoms with Crippen LogP contribution < -0.4 is 14.8 Å². The number of rotatable bonds is 10. The summed E-state index contributed by atoms with van der Waals surface area (Å²) < 4.78 is 21.3. The summed E-state index contributed by atoms with van der Waals surface area (Å²) in [4.78, 5) is 49.2. The van der Waals surface area contributed by atoms with Crippen LogP contribution in [0.25, 0.3) is 6.08 Å². The van der Waals surface area contributed by atoms with E-state index in [2.05, 4.69) is 10.1 Å². The van der Waals surface area contributed by atoms with Crippen molar-refractivity contribution >= 4 is 29.7 Å². The SMILES string of the molecule is CCOc1cc(/C=C2\NC(=O)N(Cc3ccc(C(=O)OC)o3)C2=O)cc([N+](=O)[O-])c1OCc1ccc(C)cc1. The van der Waals surface area contributed by atoms with E-state index in [9.17, 15) is 24.5 Å². The molecule has 12 heteroatoms. The van der Waals surface area contributed by atoms with Gasteiger partial charge in [-0.3, -0.25) is 19.8 Å². The van der Waals surface area contributed by atoms with Gasteiger partial charge in [-0.2, -0.15) is 0 Å². The summed E-state index contributed by atoms with van der Waals surface area (Å²) in [5.41, 5.74) is 1.66. The number of carbonyl (C=O) groups is 3. The standard InChI is InChI=1S/C27H25N3O9/c1-4-37-23-13-18(12-21(30(34)35)24(23)38-15-17-7-5-16(2)6-8-17)11-20-25(31)29(27(33)28-20)14-19-9-10-22(39-19)26(32)36-3/h5-13H,4,14-15H2,1-3H3,(H,28,33)/b20-11-. The first-order valence-corrected chi connectivity index (χ1v) is 11.8. The van der Waals surface area contributed by atoms with Crippen LogP contribution in [0, 0.1) is 17.0 Å². The number of amides is 3. The zero-order chi connectivity index (χ0) is 28.1. The van der Waals surface area contributed by atoms with Gasteiger partial charge >= 0.3 is 17.7 Å². The van der Waals surface area contributed by atoms with Crippen molar-refractivity contribution in [2.24, 2.45) is 0 Å². The number of nitrogens with zero attached hydrogens (tertiary/aromatic N) is 2. The van der Waals surface area contributed by atoms with Gasteiger partial charge in [0.2, 0.25) is 11.5 Å². The van der Waals surface area contributed by atoms with Gasteiger partial charge in [0.1, 0.15) is 18.1 Å². The van der Waals surface area contributed by atoms with Crippen molar-refractivity contribution in [3.63, 3.8) is 0 Å². The van der Waals surface area contributed by atoms with Gasteiger partial charge in [0, 0.05) is 6.07 Å². The van der Waals surface area contributed by atoms with Crippen LogP contribution in [0.5, 0.6) is 11.5 Å². The van der Waals surface area contributed by atoms with E-state index in [1.165, 1.54) is 37.5 Å². The Kier molecular flexibility index (Phi) is 7.94. The monoisotopic (exact) mass is 535 g/mol. The van der Waals surface area contributed by atoms with E-state index in [4.69, 9.17) is 13.9 Å². The van der Waals surface area contributed by atoms with E-state index in [-0.39, 0.29) is 59.7 Å². The third-order valence-corrected chi connectivity index (χ3v) is 5.69. The van der Waals surface area contributed by atoms with E-state index in [0.29, 0.717) is 0 Å². The van der Waals surface area contributed by atoms with Crippen molar-refractivity contribution in [1.82, 2.24) is 10.2 Å². The molecule has 202 valence electrons. The Morgan fingerprint density at radius 3 is 2.54 bits per heavy atom. The largest absolute Gasteiger partial charge is 0.490 e. The molecule has 2 heterocycles. The van der Waals surface area contributed by atoms with Gasteiger partial charge in [-0.25, -0.2) is 9.59 Å². The van der Waals surface area contributed by atoms with E-state index >= 15 is 0 Å². The number of aryl methyl sites for hydroxylation is 1. The number of nitro benzene ring substituents is 1. The predicted octanol–water partition coefficient (Wildman–Crippen LogP) is 4.35. The van der Waals surface area contributed by atoms with E-state index in [1.807, 2.05) is 31.2 Å². The van der Waals surface area contributed by atoms with Crippen LogP contribution in [0.4, 0.5) is 10.5 Å². The number of furan rings is 1. The Morgan fingerprint density at radius 1 is 1.13 bits per heavy atom. The first-order valence-electron chi connectivity index (χ1n) is 11.8. The molecule has 1 fully saturated rings. The van der Waals surface area contributed by atoms with Crippen molar-refractivity contribution in [2.75, 3.05) is 13.7 Å². The van der Waals surface area contributed by atoms with Gasteiger partial charge in [0.05, 0.1) is 25.2 Å². The third-order valence-electron chi connectivity index (χ3n) is 5.69. The summed E-state index contributed by atoms with van der Waals surface area (Å²) in [5, 5.41) is 14.4. The summed E-state index contributed by atoms with van der Waals surface area (Å²) in [5.74, 6) is -1.20. The summed E-state index contributed by atoms with van der Waals surface area (Å²) >= 11 is 0. The number of benzene rings is 2. The number of esters is 1. The third kappa shape index (κ3) is 6.06. The van der Waals surface area contributed by atoms with E-state index in [0.717, 1.165) is 16.0 Å². The molecule has 4 rings (SSSR count). The molecule has 39 heavy (non-hydrogen) atoms. The van der Waals surface area contributed by atoms with Crippen molar-refractivity contribution in [3.05, 3.63) is 92.6 Å². The fourth-order valence-electron chi connectivity index (χ4n) is 3.79. The highest BCUT2D eigenvalue weighted by Gasteiger charge is 2.35.